The normalized spacial score (nSPS) is 13.6. The number of amides is 2. The molecule has 0 fully saturated rings. The zero-order valence-corrected chi connectivity index (χ0v) is 15.3. The van der Waals surface area contributed by atoms with Gasteiger partial charge >= 0.3 is 0 Å². The van der Waals surface area contributed by atoms with Crippen molar-refractivity contribution in [1.82, 2.24) is 4.90 Å². The van der Waals surface area contributed by atoms with Crippen molar-refractivity contribution in [2.45, 2.75) is 33.2 Å². The Balaban J connectivity index is 1.79. The highest BCUT2D eigenvalue weighted by Gasteiger charge is 2.22. The highest BCUT2D eigenvalue weighted by atomic mass is 16.2. The zero-order valence-electron chi connectivity index (χ0n) is 15.3. The molecular formula is C21H24N2O2. The van der Waals surface area contributed by atoms with Crippen LogP contribution in [0.1, 0.15) is 39.0 Å². The first-order valence-corrected chi connectivity index (χ1v) is 8.57. The smallest absolute Gasteiger partial charge is 0.253 e. The lowest BCUT2D eigenvalue weighted by molar-refractivity contribution is -0.118. The van der Waals surface area contributed by atoms with Crippen molar-refractivity contribution in [3.05, 3.63) is 64.2 Å². The van der Waals surface area contributed by atoms with E-state index in [4.69, 9.17) is 0 Å². The van der Waals surface area contributed by atoms with Crippen LogP contribution in [-0.2, 0) is 17.8 Å². The maximum Gasteiger partial charge on any atom is 0.253 e. The number of nitrogens with zero attached hydrogens (tertiary/aromatic N) is 2. The number of hydrogen-bond acceptors (Lipinski definition) is 2. The van der Waals surface area contributed by atoms with Crippen molar-refractivity contribution in [1.29, 1.82) is 0 Å². The van der Waals surface area contributed by atoms with Gasteiger partial charge in [-0.3, -0.25) is 9.59 Å². The van der Waals surface area contributed by atoms with E-state index in [0.29, 0.717) is 24.9 Å². The summed E-state index contributed by atoms with van der Waals surface area (Å²) in [6.07, 6.45) is 1.19. The maximum absolute atomic E-state index is 12.8. The molecular weight excluding hydrogens is 312 g/mol. The van der Waals surface area contributed by atoms with Gasteiger partial charge in [-0.2, -0.15) is 0 Å². The third-order valence-electron chi connectivity index (χ3n) is 4.72. The minimum atomic E-state index is 0.00140. The summed E-state index contributed by atoms with van der Waals surface area (Å²) in [5.41, 5.74) is 6.19. The second-order valence-corrected chi connectivity index (χ2v) is 6.95. The van der Waals surface area contributed by atoms with Gasteiger partial charge in [0.2, 0.25) is 5.91 Å². The average Bonchev–Trinajstić information content (AvgIpc) is 2.56. The Labute approximate surface area is 149 Å². The molecule has 1 heterocycles. The topological polar surface area (TPSA) is 40.6 Å². The molecule has 1 aliphatic heterocycles. The van der Waals surface area contributed by atoms with E-state index in [9.17, 15) is 9.59 Å². The summed E-state index contributed by atoms with van der Waals surface area (Å²) in [4.78, 5) is 28.0. The standard InChI is InChI=1S/C21H24N2O2/c1-14-9-15(2)11-16(10-14)13-22(3)21(25)18-5-7-19-17(12-18)6-8-20(24)23(19)4/h5,7,9-12H,6,8,13H2,1-4H3. The number of benzene rings is 2. The highest BCUT2D eigenvalue weighted by molar-refractivity contribution is 5.98. The summed E-state index contributed by atoms with van der Waals surface area (Å²) in [6, 6.07) is 12.0. The monoisotopic (exact) mass is 336 g/mol. The molecule has 4 nitrogen and oxygen atoms in total. The van der Waals surface area contributed by atoms with E-state index >= 15 is 0 Å². The summed E-state index contributed by atoms with van der Waals surface area (Å²) in [6.45, 7) is 4.72. The van der Waals surface area contributed by atoms with Crippen molar-refractivity contribution in [3.63, 3.8) is 0 Å². The Hall–Kier alpha value is -2.62. The lowest BCUT2D eigenvalue weighted by Crippen LogP contribution is -2.31. The second kappa shape index (κ2) is 6.71. The SMILES string of the molecule is Cc1cc(C)cc(CN(C)C(=O)c2ccc3c(c2)CCC(=O)N3C)c1. The first-order valence-electron chi connectivity index (χ1n) is 8.57. The molecule has 130 valence electrons. The number of anilines is 1. The Morgan fingerprint density at radius 2 is 1.76 bits per heavy atom. The van der Waals surface area contributed by atoms with Gasteiger partial charge < -0.3 is 9.80 Å². The van der Waals surface area contributed by atoms with E-state index in [1.807, 2.05) is 25.2 Å². The van der Waals surface area contributed by atoms with Gasteiger partial charge in [-0.25, -0.2) is 0 Å². The minimum absolute atomic E-state index is 0.00140. The van der Waals surface area contributed by atoms with Gasteiger partial charge in [0.05, 0.1) is 0 Å². The predicted octanol–water partition coefficient (Wildman–Crippen LogP) is 3.48. The third kappa shape index (κ3) is 3.58. The first kappa shape index (κ1) is 17.2. The number of fused-ring (bicyclic) bond motifs is 1. The van der Waals surface area contributed by atoms with Crippen molar-refractivity contribution in [2.24, 2.45) is 0 Å². The fourth-order valence-electron chi connectivity index (χ4n) is 3.52. The quantitative estimate of drug-likeness (QED) is 0.861. The maximum atomic E-state index is 12.8. The molecule has 0 bridgehead atoms. The van der Waals surface area contributed by atoms with Gasteiger partial charge in [0, 0.05) is 38.3 Å². The van der Waals surface area contributed by atoms with Gasteiger partial charge in [-0.05, 0) is 49.6 Å². The van der Waals surface area contributed by atoms with E-state index in [1.54, 1.807) is 16.8 Å². The zero-order chi connectivity index (χ0) is 18.1. The molecule has 2 aromatic rings. The summed E-state index contributed by atoms with van der Waals surface area (Å²) in [5, 5.41) is 0. The largest absolute Gasteiger partial charge is 0.337 e. The van der Waals surface area contributed by atoms with Crippen LogP contribution < -0.4 is 4.90 Å². The molecule has 0 aromatic heterocycles. The summed E-state index contributed by atoms with van der Waals surface area (Å²) in [5.74, 6) is 0.125. The first-order chi connectivity index (χ1) is 11.8. The molecule has 0 radical (unpaired) electrons. The molecule has 3 rings (SSSR count). The molecule has 0 aliphatic carbocycles. The molecule has 0 unspecified atom stereocenters. The molecule has 0 N–H and O–H groups in total. The molecule has 4 heteroatoms. The van der Waals surface area contributed by atoms with E-state index in [-0.39, 0.29) is 11.8 Å². The van der Waals surface area contributed by atoms with Crippen molar-refractivity contribution < 1.29 is 9.59 Å². The van der Waals surface area contributed by atoms with Gasteiger partial charge in [0.25, 0.3) is 5.91 Å². The molecule has 2 aromatic carbocycles. The number of carbonyl (C=O) groups is 2. The van der Waals surface area contributed by atoms with Crippen LogP contribution in [0.4, 0.5) is 5.69 Å². The van der Waals surface area contributed by atoms with Gasteiger partial charge in [0.1, 0.15) is 0 Å². The molecule has 2 amide bonds. The predicted molar refractivity (Wildman–Crippen MR) is 99.9 cm³/mol. The van der Waals surface area contributed by atoms with Crippen molar-refractivity contribution >= 4 is 17.5 Å². The van der Waals surface area contributed by atoms with Gasteiger partial charge in [0.15, 0.2) is 0 Å². The van der Waals surface area contributed by atoms with Crippen LogP contribution in [-0.4, -0.2) is 30.8 Å². The lowest BCUT2D eigenvalue weighted by Gasteiger charge is -2.26. The fraction of sp³-hybridized carbons (Fsp3) is 0.333. The van der Waals surface area contributed by atoms with Crippen molar-refractivity contribution in [3.8, 4) is 0 Å². The van der Waals surface area contributed by atoms with Gasteiger partial charge in [-0.15, -0.1) is 0 Å². The number of carbonyl (C=O) groups excluding carboxylic acids is 2. The van der Waals surface area contributed by atoms with Crippen molar-refractivity contribution in [2.75, 3.05) is 19.0 Å². The van der Waals surface area contributed by atoms with E-state index in [2.05, 4.69) is 32.0 Å². The van der Waals surface area contributed by atoms with E-state index in [0.717, 1.165) is 16.8 Å². The molecule has 1 aliphatic rings. The molecule has 0 atom stereocenters. The van der Waals surface area contributed by atoms with Crippen LogP contribution in [0.25, 0.3) is 0 Å². The Bertz CT molecular complexity index is 822. The van der Waals surface area contributed by atoms with Crippen LogP contribution in [0.3, 0.4) is 0 Å². The van der Waals surface area contributed by atoms with Crippen LogP contribution >= 0.6 is 0 Å². The average molecular weight is 336 g/mol. The Morgan fingerprint density at radius 1 is 1.08 bits per heavy atom. The number of hydrogen-bond donors (Lipinski definition) is 0. The summed E-state index contributed by atoms with van der Waals surface area (Å²) in [7, 11) is 3.61. The third-order valence-corrected chi connectivity index (χ3v) is 4.72. The number of rotatable bonds is 3. The Morgan fingerprint density at radius 3 is 2.44 bits per heavy atom. The van der Waals surface area contributed by atoms with Gasteiger partial charge in [-0.1, -0.05) is 29.3 Å². The summed E-state index contributed by atoms with van der Waals surface area (Å²) < 4.78 is 0. The second-order valence-electron chi connectivity index (χ2n) is 6.95. The van der Waals surface area contributed by atoms with E-state index in [1.165, 1.54) is 11.1 Å². The Kier molecular flexibility index (Phi) is 4.62. The minimum Gasteiger partial charge on any atom is -0.337 e. The van der Waals surface area contributed by atoms with Crippen LogP contribution in [0.15, 0.2) is 36.4 Å². The number of aryl methyl sites for hydroxylation is 3. The molecule has 0 saturated carbocycles. The molecule has 0 saturated heterocycles. The van der Waals surface area contributed by atoms with Crippen LogP contribution in [0, 0.1) is 13.8 Å². The van der Waals surface area contributed by atoms with Crippen LogP contribution in [0.5, 0.6) is 0 Å². The van der Waals surface area contributed by atoms with E-state index < -0.39 is 0 Å². The summed E-state index contributed by atoms with van der Waals surface area (Å²) >= 11 is 0. The fourth-order valence-corrected chi connectivity index (χ4v) is 3.52. The molecule has 0 spiro atoms. The van der Waals surface area contributed by atoms with Crippen LogP contribution in [0.2, 0.25) is 0 Å². The highest BCUT2D eigenvalue weighted by Crippen LogP contribution is 2.28. The molecule has 25 heavy (non-hydrogen) atoms. The lowest BCUT2D eigenvalue weighted by atomic mass is 9.98.